The normalized spacial score (nSPS) is 10.5. The van der Waals surface area contributed by atoms with E-state index in [0.29, 0.717) is 22.6 Å². The molecule has 0 unspecified atom stereocenters. The van der Waals surface area contributed by atoms with Gasteiger partial charge in [-0.15, -0.1) is 0 Å². The number of carbonyl (C=O) groups is 1. The van der Waals surface area contributed by atoms with E-state index in [2.05, 4.69) is 10.5 Å². The number of hydrogen-bond acceptors (Lipinski definition) is 6. The third-order valence-electron chi connectivity index (χ3n) is 3.37. The maximum Gasteiger partial charge on any atom is 0.273 e. The summed E-state index contributed by atoms with van der Waals surface area (Å²) in [6, 6.07) is 11.2. The number of para-hydroxylation sites is 1. The van der Waals surface area contributed by atoms with Crippen molar-refractivity contribution in [3.63, 3.8) is 0 Å². The van der Waals surface area contributed by atoms with Crippen LogP contribution in [-0.4, -0.2) is 31.3 Å². The highest BCUT2D eigenvalue weighted by molar-refractivity contribution is 5.86. The van der Waals surface area contributed by atoms with Crippen LogP contribution in [0.5, 0.6) is 11.5 Å². The molecule has 2 aromatic carbocycles. The molecule has 0 aliphatic rings. The van der Waals surface area contributed by atoms with Gasteiger partial charge in [-0.05, 0) is 18.2 Å². The zero-order valence-corrected chi connectivity index (χ0v) is 13.8. The number of amides is 1. The van der Waals surface area contributed by atoms with Crippen molar-refractivity contribution in [2.75, 3.05) is 14.2 Å². The third-order valence-corrected chi connectivity index (χ3v) is 3.37. The van der Waals surface area contributed by atoms with E-state index in [4.69, 9.17) is 9.47 Å². The summed E-state index contributed by atoms with van der Waals surface area (Å²) in [7, 11) is 3.06. The van der Waals surface area contributed by atoms with Crippen molar-refractivity contribution in [1.29, 1.82) is 0 Å². The molecule has 0 radical (unpaired) electrons. The van der Waals surface area contributed by atoms with E-state index in [9.17, 15) is 14.9 Å². The highest BCUT2D eigenvalue weighted by atomic mass is 16.6. The predicted octanol–water partition coefficient (Wildman–Crippen LogP) is 2.30. The van der Waals surface area contributed by atoms with E-state index in [1.807, 2.05) is 0 Å². The molecule has 2 rings (SSSR count). The van der Waals surface area contributed by atoms with Gasteiger partial charge in [0.2, 0.25) is 5.91 Å². The number of carbonyl (C=O) groups excluding carboxylic acids is 1. The van der Waals surface area contributed by atoms with Crippen molar-refractivity contribution < 1.29 is 19.2 Å². The molecule has 0 bridgehead atoms. The van der Waals surface area contributed by atoms with Crippen molar-refractivity contribution in [3.8, 4) is 11.5 Å². The number of nitrogens with zero attached hydrogens (tertiary/aromatic N) is 2. The zero-order chi connectivity index (χ0) is 18.2. The van der Waals surface area contributed by atoms with E-state index >= 15 is 0 Å². The first-order chi connectivity index (χ1) is 12.0. The number of methoxy groups -OCH3 is 2. The van der Waals surface area contributed by atoms with Gasteiger partial charge in [0.25, 0.3) is 5.69 Å². The Morgan fingerprint density at radius 1 is 1.24 bits per heavy atom. The van der Waals surface area contributed by atoms with Crippen molar-refractivity contribution in [2.45, 2.75) is 6.42 Å². The quantitative estimate of drug-likeness (QED) is 0.472. The predicted molar refractivity (Wildman–Crippen MR) is 92.1 cm³/mol. The van der Waals surface area contributed by atoms with Gasteiger partial charge in [0.1, 0.15) is 11.5 Å². The molecule has 2 aromatic rings. The lowest BCUT2D eigenvalue weighted by Gasteiger charge is -2.06. The molecule has 8 nitrogen and oxygen atoms in total. The van der Waals surface area contributed by atoms with E-state index < -0.39 is 10.8 Å². The number of hydrogen-bond donors (Lipinski definition) is 1. The van der Waals surface area contributed by atoms with Gasteiger partial charge in [0.15, 0.2) is 0 Å². The summed E-state index contributed by atoms with van der Waals surface area (Å²) in [5.74, 6) is 0.721. The molecule has 0 fully saturated rings. The molecule has 0 aliphatic heterocycles. The molecule has 0 atom stereocenters. The van der Waals surface area contributed by atoms with Crippen molar-refractivity contribution in [2.24, 2.45) is 5.10 Å². The third kappa shape index (κ3) is 4.77. The average molecular weight is 343 g/mol. The molecule has 0 saturated heterocycles. The SMILES string of the molecule is COc1ccc(OC)c(C=NNC(=O)Cc2ccccc2[N+](=O)[O-])c1. The second kappa shape index (κ2) is 8.44. The molecule has 130 valence electrons. The van der Waals surface area contributed by atoms with E-state index in [1.54, 1.807) is 30.3 Å². The second-order valence-corrected chi connectivity index (χ2v) is 4.96. The number of benzene rings is 2. The van der Waals surface area contributed by atoms with Crippen LogP contribution >= 0.6 is 0 Å². The Bertz CT molecular complexity index is 805. The van der Waals surface area contributed by atoms with Crippen LogP contribution in [0.25, 0.3) is 0 Å². The first-order valence-electron chi connectivity index (χ1n) is 7.31. The van der Waals surface area contributed by atoms with Crippen LogP contribution in [-0.2, 0) is 11.2 Å². The molecule has 0 spiro atoms. The Labute approximate surface area is 144 Å². The molecule has 0 aromatic heterocycles. The summed E-state index contributed by atoms with van der Waals surface area (Å²) in [5.41, 5.74) is 3.18. The Hall–Kier alpha value is -3.42. The van der Waals surface area contributed by atoms with Crippen LogP contribution < -0.4 is 14.9 Å². The monoisotopic (exact) mass is 343 g/mol. The fourth-order valence-electron chi connectivity index (χ4n) is 2.17. The number of nitro benzene ring substituents is 1. The van der Waals surface area contributed by atoms with Gasteiger partial charge in [0, 0.05) is 17.2 Å². The van der Waals surface area contributed by atoms with Crippen molar-refractivity contribution in [1.82, 2.24) is 5.43 Å². The Morgan fingerprint density at radius 2 is 2.00 bits per heavy atom. The minimum Gasteiger partial charge on any atom is -0.497 e. The lowest BCUT2D eigenvalue weighted by Crippen LogP contribution is -2.20. The van der Waals surface area contributed by atoms with Crippen LogP contribution in [0.2, 0.25) is 0 Å². The molecular weight excluding hydrogens is 326 g/mol. The largest absolute Gasteiger partial charge is 0.497 e. The maximum absolute atomic E-state index is 12.0. The lowest BCUT2D eigenvalue weighted by molar-refractivity contribution is -0.385. The highest BCUT2D eigenvalue weighted by Crippen LogP contribution is 2.22. The maximum atomic E-state index is 12.0. The summed E-state index contributed by atoms with van der Waals surface area (Å²) in [5, 5.41) is 14.8. The molecule has 0 saturated carbocycles. The fourth-order valence-corrected chi connectivity index (χ4v) is 2.17. The van der Waals surface area contributed by atoms with Crippen LogP contribution in [0.3, 0.4) is 0 Å². The smallest absolute Gasteiger partial charge is 0.273 e. The first-order valence-corrected chi connectivity index (χ1v) is 7.31. The summed E-state index contributed by atoms with van der Waals surface area (Å²) >= 11 is 0. The molecular formula is C17H17N3O5. The summed E-state index contributed by atoms with van der Waals surface area (Å²) in [4.78, 5) is 22.4. The van der Waals surface area contributed by atoms with Gasteiger partial charge in [-0.3, -0.25) is 14.9 Å². The highest BCUT2D eigenvalue weighted by Gasteiger charge is 2.15. The van der Waals surface area contributed by atoms with E-state index in [0.717, 1.165) is 0 Å². The Balaban J connectivity index is 2.05. The summed E-state index contributed by atoms with van der Waals surface area (Å²) in [6.45, 7) is 0. The lowest BCUT2D eigenvalue weighted by atomic mass is 10.1. The average Bonchev–Trinajstić information content (AvgIpc) is 2.61. The van der Waals surface area contributed by atoms with E-state index in [-0.39, 0.29) is 12.1 Å². The minimum atomic E-state index is -0.521. The van der Waals surface area contributed by atoms with Crippen LogP contribution in [0.15, 0.2) is 47.6 Å². The van der Waals surface area contributed by atoms with Crippen LogP contribution in [0.1, 0.15) is 11.1 Å². The van der Waals surface area contributed by atoms with Gasteiger partial charge >= 0.3 is 0 Å². The Kier molecular flexibility index (Phi) is 6.05. The van der Waals surface area contributed by atoms with Gasteiger partial charge in [-0.25, -0.2) is 5.43 Å². The van der Waals surface area contributed by atoms with Gasteiger partial charge in [-0.1, -0.05) is 18.2 Å². The molecule has 8 heteroatoms. The molecule has 0 aliphatic carbocycles. The topological polar surface area (TPSA) is 103 Å². The molecule has 1 amide bonds. The number of rotatable bonds is 7. The van der Waals surface area contributed by atoms with Gasteiger partial charge in [0.05, 0.1) is 31.8 Å². The molecule has 1 N–H and O–H groups in total. The van der Waals surface area contributed by atoms with Gasteiger partial charge < -0.3 is 9.47 Å². The number of nitro groups is 1. The summed E-state index contributed by atoms with van der Waals surface area (Å²) < 4.78 is 10.3. The molecule has 0 heterocycles. The van der Waals surface area contributed by atoms with Gasteiger partial charge in [-0.2, -0.15) is 5.10 Å². The minimum absolute atomic E-state index is 0.101. The van der Waals surface area contributed by atoms with Crippen molar-refractivity contribution in [3.05, 3.63) is 63.7 Å². The summed E-state index contributed by atoms with van der Waals surface area (Å²) in [6.07, 6.45) is 1.27. The standard InChI is InChI=1S/C17H17N3O5/c1-24-14-7-8-16(25-2)13(9-14)11-18-19-17(21)10-12-5-3-4-6-15(12)20(22)23/h3-9,11H,10H2,1-2H3,(H,19,21). The second-order valence-electron chi connectivity index (χ2n) is 4.96. The van der Waals surface area contributed by atoms with E-state index in [1.165, 1.54) is 32.6 Å². The van der Waals surface area contributed by atoms with Crippen LogP contribution in [0.4, 0.5) is 5.69 Å². The molecule has 25 heavy (non-hydrogen) atoms. The first kappa shape index (κ1) is 17.9. The zero-order valence-electron chi connectivity index (χ0n) is 13.8. The number of nitrogens with one attached hydrogen (secondary N) is 1. The van der Waals surface area contributed by atoms with Crippen LogP contribution in [0, 0.1) is 10.1 Å². The number of ether oxygens (including phenoxy) is 2. The fraction of sp³-hybridized carbons (Fsp3) is 0.176. The Morgan fingerprint density at radius 3 is 2.68 bits per heavy atom. The van der Waals surface area contributed by atoms with Crippen molar-refractivity contribution >= 4 is 17.8 Å². The number of hydrazone groups is 1.